The highest BCUT2D eigenvalue weighted by molar-refractivity contribution is 6.63. The molecule has 0 saturated heterocycles. The number of benzene rings is 1. The minimum absolute atomic E-state index is 0.0484. The van der Waals surface area contributed by atoms with Gasteiger partial charge in [0.2, 0.25) is 0 Å². The van der Waals surface area contributed by atoms with Gasteiger partial charge in [0, 0.05) is 6.07 Å². The van der Waals surface area contributed by atoms with Gasteiger partial charge in [-0.1, -0.05) is 30.6 Å². The lowest BCUT2D eigenvalue weighted by atomic mass is 9.23. The third-order valence-electron chi connectivity index (χ3n) is 4.51. The summed E-state index contributed by atoms with van der Waals surface area (Å²) in [6.07, 6.45) is 0.145. The predicted molar refractivity (Wildman–Crippen MR) is 60.3 cm³/mol. The summed E-state index contributed by atoms with van der Waals surface area (Å²) in [5.41, 5.74) is -0.168. The Morgan fingerprint density at radius 2 is 1.78 bits per heavy atom. The predicted octanol–water partition coefficient (Wildman–Crippen LogP) is 3.86. The molecule has 3 saturated carbocycles. The van der Waals surface area contributed by atoms with Gasteiger partial charge in [-0.15, -0.1) is 0 Å². The fraction of sp³-hybridized carbons (Fsp3) is 0.500. The second-order valence-electron chi connectivity index (χ2n) is 5.59. The van der Waals surface area contributed by atoms with Crippen LogP contribution in [-0.2, 0) is 5.41 Å². The van der Waals surface area contributed by atoms with Crippen molar-refractivity contribution in [2.45, 2.75) is 30.0 Å². The SMILES string of the molecule is COc1ccc(C23CC([B-](F)(F)F)(C2)C3)c(F)c1. The summed E-state index contributed by atoms with van der Waals surface area (Å²) in [5.74, 6) is -0.0741. The molecule has 3 aliphatic carbocycles. The third-order valence-corrected chi connectivity index (χ3v) is 4.51. The van der Waals surface area contributed by atoms with Crippen LogP contribution < -0.4 is 4.74 Å². The van der Waals surface area contributed by atoms with E-state index in [1.165, 1.54) is 13.2 Å². The number of halogens is 4. The maximum Gasteiger partial charge on any atom is 0.484 e. The first-order valence-electron chi connectivity index (χ1n) is 5.85. The van der Waals surface area contributed by atoms with Gasteiger partial charge in [-0.25, -0.2) is 4.39 Å². The summed E-state index contributed by atoms with van der Waals surface area (Å²) in [6, 6.07) is 4.39. The van der Waals surface area contributed by atoms with E-state index in [1.54, 1.807) is 12.1 Å². The molecule has 1 aromatic rings. The highest BCUT2D eigenvalue weighted by Crippen LogP contribution is 2.82. The molecule has 0 spiro atoms. The third kappa shape index (κ3) is 1.29. The Morgan fingerprint density at radius 3 is 2.22 bits per heavy atom. The van der Waals surface area contributed by atoms with Crippen LogP contribution in [0.25, 0.3) is 0 Å². The second-order valence-corrected chi connectivity index (χ2v) is 5.59. The molecule has 0 heterocycles. The van der Waals surface area contributed by atoms with Gasteiger partial charge >= 0.3 is 6.98 Å². The second kappa shape index (κ2) is 3.22. The fourth-order valence-electron chi connectivity index (χ4n) is 3.55. The smallest absolute Gasteiger partial charge is 0.484 e. The van der Waals surface area contributed by atoms with E-state index in [-0.39, 0.29) is 19.3 Å². The van der Waals surface area contributed by atoms with Crippen LogP contribution in [0.1, 0.15) is 24.8 Å². The standard InChI is InChI=1S/C12H12BF4O/c1-18-8-2-3-9(10(14)4-8)11-5-12(6-11,7-11)13(15,16)17/h2-4H,5-7H2,1H3/q-1. The van der Waals surface area contributed by atoms with Crippen molar-refractivity contribution in [2.24, 2.45) is 0 Å². The van der Waals surface area contributed by atoms with E-state index >= 15 is 0 Å². The lowest BCUT2D eigenvalue weighted by Gasteiger charge is -2.75. The Kier molecular flexibility index (Phi) is 2.12. The Labute approximate surface area is 102 Å². The van der Waals surface area contributed by atoms with Gasteiger partial charge in [0.1, 0.15) is 11.6 Å². The van der Waals surface area contributed by atoms with Gasteiger partial charge in [0.25, 0.3) is 0 Å². The Hall–Kier alpha value is -1.20. The normalized spacial score (nSPS) is 33.6. The molecule has 0 radical (unpaired) electrons. The quantitative estimate of drug-likeness (QED) is 0.591. The van der Waals surface area contributed by atoms with Crippen LogP contribution in [0.2, 0.25) is 5.31 Å². The lowest BCUT2D eigenvalue weighted by Crippen LogP contribution is -2.67. The highest BCUT2D eigenvalue weighted by Gasteiger charge is 2.74. The van der Waals surface area contributed by atoms with Crippen molar-refractivity contribution in [1.29, 1.82) is 0 Å². The topological polar surface area (TPSA) is 9.23 Å². The Bertz CT molecular complexity index is 492. The van der Waals surface area contributed by atoms with E-state index < -0.39 is 23.5 Å². The summed E-state index contributed by atoms with van der Waals surface area (Å²) < 4.78 is 57.1. The van der Waals surface area contributed by atoms with E-state index in [0.717, 1.165) is 0 Å². The average molecular weight is 259 g/mol. The van der Waals surface area contributed by atoms with Crippen LogP contribution in [-0.4, -0.2) is 14.1 Å². The summed E-state index contributed by atoms with van der Waals surface area (Å²) in [6.45, 7) is -4.80. The first-order chi connectivity index (χ1) is 8.32. The number of methoxy groups -OCH3 is 1. The maximum absolute atomic E-state index is 13.8. The van der Waals surface area contributed by atoms with Crippen molar-refractivity contribution in [2.75, 3.05) is 7.11 Å². The highest BCUT2D eigenvalue weighted by atomic mass is 19.4. The van der Waals surface area contributed by atoms with Crippen LogP contribution in [0.3, 0.4) is 0 Å². The lowest BCUT2D eigenvalue weighted by molar-refractivity contribution is -0.0424. The fourth-order valence-corrected chi connectivity index (χ4v) is 3.55. The molecule has 0 atom stereocenters. The zero-order valence-corrected chi connectivity index (χ0v) is 9.85. The van der Waals surface area contributed by atoms with Crippen LogP contribution in [0.15, 0.2) is 18.2 Å². The van der Waals surface area contributed by atoms with Crippen LogP contribution in [0.5, 0.6) is 5.75 Å². The minimum Gasteiger partial charge on any atom is -0.497 e. The molecular weight excluding hydrogens is 247 g/mol. The van der Waals surface area contributed by atoms with Crippen molar-refractivity contribution >= 4 is 6.98 Å². The van der Waals surface area contributed by atoms with E-state index in [1.807, 2.05) is 0 Å². The molecule has 6 heteroatoms. The van der Waals surface area contributed by atoms with Crippen LogP contribution in [0.4, 0.5) is 17.3 Å². The average Bonchev–Trinajstić information content (AvgIpc) is 2.14. The molecule has 98 valence electrons. The van der Waals surface area contributed by atoms with E-state index in [4.69, 9.17) is 4.74 Å². The summed E-state index contributed by atoms with van der Waals surface area (Å²) >= 11 is 0. The molecule has 0 aliphatic heterocycles. The maximum atomic E-state index is 13.8. The molecule has 18 heavy (non-hydrogen) atoms. The first-order valence-corrected chi connectivity index (χ1v) is 5.85. The summed E-state index contributed by atoms with van der Waals surface area (Å²) in [7, 11) is 1.43. The number of hydrogen-bond acceptors (Lipinski definition) is 1. The summed E-state index contributed by atoms with van der Waals surface area (Å²) in [5, 5.41) is -1.48. The van der Waals surface area contributed by atoms with Gasteiger partial charge in [-0.2, -0.15) is 0 Å². The first kappa shape index (κ1) is 11.9. The Balaban J connectivity index is 1.85. The van der Waals surface area contributed by atoms with Crippen molar-refractivity contribution in [3.8, 4) is 5.75 Å². The molecule has 0 N–H and O–H groups in total. The summed E-state index contributed by atoms with van der Waals surface area (Å²) in [4.78, 5) is 0. The van der Waals surface area contributed by atoms with E-state index in [9.17, 15) is 17.3 Å². The van der Waals surface area contributed by atoms with Crippen molar-refractivity contribution < 1.29 is 22.1 Å². The van der Waals surface area contributed by atoms with Gasteiger partial charge in [-0.05, 0) is 17.0 Å². The van der Waals surface area contributed by atoms with Gasteiger partial charge in [0.05, 0.1) is 7.11 Å². The number of hydrogen-bond donors (Lipinski definition) is 0. The molecule has 1 aromatic carbocycles. The molecular formula is C12H12BF4O-. The molecule has 0 unspecified atom stereocenters. The van der Waals surface area contributed by atoms with Crippen LogP contribution in [0, 0.1) is 5.82 Å². The van der Waals surface area contributed by atoms with Crippen LogP contribution >= 0.6 is 0 Å². The van der Waals surface area contributed by atoms with Crippen molar-refractivity contribution in [3.63, 3.8) is 0 Å². The molecule has 2 bridgehead atoms. The zero-order chi connectivity index (χ0) is 13.2. The van der Waals surface area contributed by atoms with Gasteiger partial charge in [-0.3, -0.25) is 0 Å². The number of rotatable bonds is 3. The molecule has 3 fully saturated rings. The van der Waals surface area contributed by atoms with Crippen molar-refractivity contribution in [3.05, 3.63) is 29.6 Å². The van der Waals surface area contributed by atoms with E-state index in [2.05, 4.69) is 0 Å². The number of ether oxygens (including phenoxy) is 1. The molecule has 1 nitrogen and oxygen atoms in total. The largest absolute Gasteiger partial charge is 0.497 e. The van der Waals surface area contributed by atoms with Gasteiger partial charge < -0.3 is 17.7 Å². The Morgan fingerprint density at radius 1 is 1.17 bits per heavy atom. The molecule has 3 aliphatic rings. The molecule has 0 amide bonds. The monoisotopic (exact) mass is 259 g/mol. The molecule has 0 aromatic heterocycles. The minimum atomic E-state index is -4.80. The molecule has 4 rings (SSSR count). The van der Waals surface area contributed by atoms with Gasteiger partial charge in [0.15, 0.2) is 0 Å². The zero-order valence-electron chi connectivity index (χ0n) is 9.85. The van der Waals surface area contributed by atoms with Crippen molar-refractivity contribution in [1.82, 2.24) is 0 Å². The van der Waals surface area contributed by atoms with E-state index in [0.29, 0.717) is 11.3 Å².